The van der Waals surface area contributed by atoms with Gasteiger partial charge in [-0.3, -0.25) is 5.32 Å². The number of amidine groups is 1. The van der Waals surface area contributed by atoms with E-state index in [-0.39, 0.29) is 12.3 Å². The van der Waals surface area contributed by atoms with Gasteiger partial charge in [0.2, 0.25) is 0 Å². The Morgan fingerprint density at radius 1 is 0.720 bits per heavy atom. The Morgan fingerprint density at radius 2 is 1.36 bits per heavy atom. The zero-order chi connectivity index (χ0) is 17.1. The molecule has 0 saturated carbocycles. The minimum absolute atomic E-state index is 0.0461. The van der Waals surface area contributed by atoms with Gasteiger partial charge in [-0.05, 0) is 23.3 Å². The van der Waals surface area contributed by atoms with Crippen molar-refractivity contribution in [1.29, 1.82) is 0 Å². The summed E-state index contributed by atoms with van der Waals surface area (Å²) in [5.74, 6) is 0.883. The zero-order valence-electron chi connectivity index (χ0n) is 13.6. The van der Waals surface area contributed by atoms with E-state index < -0.39 is 0 Å². The smallest absolute Gasteiger partial charge is 0.131 e. The van der Waals surface area contributed by atoms with Gasteiger partial charge in [-0.15, -0.1) is 0 Å². The standard InChI is InChI=1S/C21H18ClN3/c22-18-13-11-17(12-14-18)21-24-19(15-7-3-1-4-8-15)23-20(25-21)16-9-5-2-6-10-16/h1-14,19,21,24H,(H,23,25). The highest BCUT2D eigenvalue weighted by atomic mass is 35.5. The van der Waals surface area contributed by atoms with Crippen molar-refractivity contribution in [2.75, 3.05) is 0 Å². The van der Waals surface area contributed by atoms with Gasteiger partial charge >= 0.3 is 0 Å². The predicted octanol–water partition coefficient (Wildman–Crippen LogP) is 4.68. The van der Waals surface area contributed by atoms with Gasteiger partial charge in [-0.25, -0.2) is 4.99 Å². The highest BCUT2D eigenvalue weighted by molar-refractivity contribution is 6.30. The maximum Gasteiger partial charge on any atom is 0.131 e. The molecule has 0 spiro atoms. The number of hydrogen-bond acceptors (Lipinski definition) is 3. The van der Waals surface area contributed by atoms with E-state index in [9.17, 15) is 0 Å². The first-order chi connectivity index (χ1) is 12.3. The van der Waals surface area contributed by atoms with Crippen LogP contribution in [-0.4, -0.2) is 5.84 Å². The van der Waals surface area contributed by atoms with Crippen molar-refractivity contribution in [1.82, 2.24) is 10.6 Å². The minimum atomic E-state index is -0.113. The molecule has 124 valence electrons. The Balaban J connectivity index is 1.72. The van der Waals surface area contributed by atoms with E-state index in [1.165, 1.54) is 0 Å². The number of nitrogens with one attached hydrogen (secondary N) is 2. The Hall–Kier alpha value is -2.62. The fraction of sp³-hybridized carbons (Fsp3) is 0.0952. The van der Waals surface area contributed by atoms with Gasteiger partial charge in [0.15, 0.2) is 0 Å². The monoisotopic (exact) mass is 347 g/mol. The van der Waals surface area contributed by atoms with Gasteiger partial charge in [-0.2, -0.15) is 0 Å². The topological polar surface area (TPSA) is 36.4 Å². The first kappa shape index (κ1) is 15.9. The van der Waals surface area contributed by atoms with Crippen molar-refractivity contribution >= 4 is 17.4 Å². The van der Waals surface area contributed by atoms with E-state index in [4.69, 9.17) is 16.6 Å². The Labute approximate surface area is 152 Å². The summed E-state index contributed by atoms with van der Waals surface area (Å²) in [6.07, 6.45) is -0.159. The van der Waals surface area contributed by atoms with E-state index in [1.807, 2.05) is 60.7 Å². The summed E-state index contributed by atoms with van der Waals surface area (Å²) in [7, 11) is 0. The average Bonchev–Trinajstić information content (AvgIpc) is 2.69. The molecular weight excluding hydrogens is 330 g/mol. The molecule has 0 aromatic heterocycles. The van der Waals surface area contributed by atoms with Crippen LogP contribution < -0.4 is 10.6 Å². The molecule has 2 unspecified atom stereocenters. The fourth-order valence-electron chi connectivity index (χ4n) is 2.93. The van der Waals surface area contributed by atoms with Gasteiger partial charge in [0.05, 0.1) is 0 Å². The normalized spacial score (nSPS) is 19.8. The lowest BCUT2D eigenvalue weighted by molar-refractivity contribution is 0.409. The summed E-state index contributed by atoms with van der Waals surface area (Å²) in [5.41, 5.74) is 3.33. The predicted molar refractivity (Wildman–Crippen MR) is 103 cm³/mol. The van der Waals surface area contributed by atoms with Crippen LogP contribution in [0.1, 0.15) is 29.0 Å². The minimum Gasteiger partial charge on any atom is -0.350 e. The number of benzene rings is 3. The number of rotatable bonds is 3. The lowest BCUT2D eigenvalue weighted by Crippen LogP contribution is -2.44. The van der Waals surface area contributed by atoms with Crippen LogP contribution in [-0.2, 0) is 0 Å². The lowest BCUT2D eigenvalue weighted by Gasteiger charge is -2.32. The molecular formula is C21H18ClN3. The summed E-state index contributed by atoms with van der Waals surface area (Å²) >= 11 is 6.04. The van der Waals surface area contributed by atoms with Crippen molar-refractivity contribution in [2.24, 2.45) is 4.99 Å². The third kappa shape index (κ3) is 3.58. The molecule has 0 saturated heterocycles. The summed E-state index contributed by atoms with van der Waals surface area (Å²) in [6.45, 7) is 0. The van der Waals surface area contributed by atoms with Gasteiger partial charge in [0.1, 0.15) is 18.2 Å². The molecule has 1 aliphatic heterocycles. The average molecular weight is 348 g/mol. The number of hydrogen-bond donors (Lipinski definition) is 2. The van der Waals surface area contributed by atoms with Crippen molar-refractivity contribution in [3.63, 3.8) is 0 Å². The molecule has 2 N–H and O–H groups in total. The van der Waals surface area contributed by atoms with Gasteiger partial charge in [-0.1, -0.05) is 84.4 Å². The van der Waals surface area contributed by atoms with Crippen LogP contribution in [0.5, 0.6) is 0 Å². The SMILES string of the molecule is Clc1ccc(C2NC(c3ccccc3)=NC(c3ccccc3)N2)cc1. The first-order valence-electron chi connectivity index (χ1n) is 8.26. The zero-order valence-corrected chi connectivity index (χ0v) is 14.3. The molecule has 0 amide bonds. The maximum absolute atomic E-state index is 6.04. The molecule has 0 radical (unpaired) electrons. The number of aliphatic imine (C=N–C) groups is 1. The molecule has 1 heterocycles. The molecule has 4 heteroatoms. The van der Waals surface area contributed by atoms with Gasteiger partial charge < -0.3 is 5.32 Å². The lowest BCUT2D eigenvalue weighted by atomic mass is 10.1. The second-order valence-corrected chi connectivity index (χ2v) is 6.39. The van der Waals surface area contributed by atoms with E-state index in [2.05, 4.69) is 34.9 Å². The van der Waals surface area contributed by atoms with Crippen LogP contribution in [0.25, 0.3) is 0 Å². The van der Waals surface area contributed by atoms with Crippen LogP contribution in [0.3, 0.4) is 0 Å². The van der Waals surface area contributed by atoms with Crippen molar-refractivity contribution < 1.29 is 0 Å². The molecule has 3 aromatic carbocycles. The van der Waals surface area contributed by atoms with E-state index in [1.54, 1.807) is 0 Å². The van der Waals surface area contributed by atoms with Gasteiger partial charge in [0, 0.05) is 10.6 Å². The van der Waals surface area contributed by atoms with Crippen LogP contribution in [0.4, 0.5) is 0 Å². The van der Waals surface area contributed by atoms with E-state index in [0.29, 0.717) is 0 Å². The molecule has 0 aliphatic carbocycles. The molecule has 0 bridgehead atoms. The maximum atomic E-state index is 6.04. The molecule has 4 rings (SSSR count). The number of nitrogens with zero attached hydrogens (tertiary/aromatic N) is 1. The first-order valence-corrected chi connectivity index (χ1v) is 8.63. The molecule has 3 aromatic rings. The van der Waals surface area contributed by atoms with E-state index >= 15 is 0 Å². The van der Waals surface area contributed by atoms with Crippen molar-refractivity contribution in [2.45, 2.75) is 12.3 Å². The second kappa shape index (κ2) is 7.09. The molecule has 3 nitrogen and oxygen atoms in total. The van der Waals surface area contributed by atoms with Crippen molar-refractivity contribution in [3.8, 4) is 0 Å². The quantitative estimate of drug-likeness (QED) is 0.722. The molecule has 0 fully saturated rings. The third-order valence-corrected chi connectivity index (χ3v) is 4.48. The van der Waals surface area contributed by atoms with Crippen LogP contribution in [0.15, 0.2) is 89.9 Å². The molecule has 2 atom stereocenters. The second-order valence-electron chi connectivity index (χ2n) is 5.95. The Morgan fingerprint density at radius 3 is 2.04 bits per heavy atom. The summed E-state index contributed by atoms with van der Waals surface area (Å²) in [5, 5.41) is 7.80. The van der Waals surface area contributed by atoms with Crippen LogP contribution in [0.2, 0.25) is 5.02 Å². The number of halogens is 1. The molecule has 1 aliphatic rings. The van der Waals surface area contributed by atoms with E-state index in [0.717, 1.165) is 27.5 Å². The summed E-state index contributed by atoms with van der Waals surface area (Å²) in [4.78, 5) is 4.88. The van der Waals surface area contributed by atoms with Gasteiger partial charge in [0.25, 0.3) is 0 Å². The highest BCUT2D eigenvalue weighted by Crippen LogP contribution is 2.25. The third-order valence-electron chi connectivity index (χ3n) is 4.23. The van der Waals surface area contributed by atoms with Crippen molar-refractivity contribution in [3.05, 3.63) is 107 Å². The fourth-order valence-corrected chi connectivity index (χ4v) is 3.06. The highest BCUT2D eigenvalue weighted by Gasteiger charge is 2.24. The molecule has 25 heavy (non-hydrogen) atoms. The van der Waals surface area contributed by atoms with Crippen LogP contribution in [0, 0.1) is 0 Å². The summed E-state index contributed by atoms with van der Waals surface area (Å²) < 4.78 is 0. The Kier molecular flexibility index (Phi) is 4.51. The Bertz CT molecular complexity index is 861. The van der Waals surface area contributed by atoms with Crippen LogP contribution >= 0.6 is 11.6 Å². The summed E-state index contributed by atoms with van der Waals surface area (Å²) in [6, 6.07) is 28.3. The largest absolute Gasteiger partial charge is 0.350 e.